The van der Waals surface area contributed by atoms with Crippen molar-refractivity contribution in [3.05, 3.63) is 22.5 Å². The first-order chi connectivity index (χ1) is 27.0. The molecule has 0 aromatic heterocycles. The summed E-state index contributed by atoms with van der Waals surface area (Å²) in [6.45, 7) is 25.3. The van der Waals surface area contributed by atoms with E-state index in [1.54, 1.807) is 11.1 Å². The molecule has 6 fully saturated rings. The van der Waals surface area contributed by atoms with E-state index in [0.29, 0.717) is 47.3 Å². The van der Waals surface area contributed by atoms with E-state index >= 15 is 0 Å². The summed E-state index contributed by atoms with van der Waals surface area (Å²) in [6, 6.07) is 0. The summed E-state index contributed by atoms with van der Waals surface area (Å²) in [5.74, 6) is 9.66. The average molecular weight is 783 g/mol. The van der Waals surface area contributed by atoms with Crippen molar-refractivity contribution in [3.8, 4) is 0 Å². The minimum atomic E-state index is 0.0454. The number of allylic oxidation sites excluding steroid dienone is 4. The van der Waals surface area contributed by atoms with E-state index in [2.05, 4.69) is 79.9 Å². The molecule has 6 aliphatic carbocycles. The number of carbonyl (C=O) groups excluding carboxylic acids is 2. The van der Waals surface area contributed by atoms with Crippen LogP contribution in [0.4, 0.5) is 0 Å². The van der Waals surface area contributed by atoms with Crippen molar-refractivity contribution < 1.29 is 9.59 Å². The fourth-order valence-corrected chi connectivity index (χ4v) is 17.5. The van der Waals surface area contributed by atoms with Gasteiger partial charge in [-0.25, -0.2) is 0 Å². The molecule has 4 heteroatoms. The molecule has 2 saturated heterocycles. The van der Waals surface area contributed by atoms with Crippen LogP contribution in [-0.2, 0) is 9.59 Å². The summed E-state index contributed by atoms with van der Waals surface area (Å²) in [5.41, 5.74) is 6.70. The molecule has 8 rings (SSSR count). The fourth-order valence-electron chi connectivity index (χ4n) is 17.5. The fraction of sp³-hybridized carbons (Fsp3) is 0.887. The average Bonchev–Trinajstić information content (AvgIpc) is 3.69. The Hall–Kier alpha value is -1.58. The lowest BCUT2D eigenvalue weighted by Crippen LogP contribution is -2.55. The standard InChI is InChI=1S/C53H86N2O2/c1-32(2)13-11-15-34(5)40-17-19-42-38-30-36(48-52(9,27-23-46(56)54-48)44(38)21-25-50(40,42)7)29-37-31-39-43-20-18-41(35(6)16-12-14-33(3)4)51(43,8)26-22-45(39)53(10)28-24-47(57)55-49(37)53/h32-35,38-45H,11-31H2,1-10H3,(H,54,56)(H,55,57)/t34-,35-,38+,39+,40-,41-,42+,43+,44+,45+,50-,51-,52-,53-/m1/s1. The van der Waals surface area contributed by atoms with E-state index in [4.69, 9.17) is 0 Å². The number of hydrogen-bond acceptors (Lipinski definition) is 2. The minimum Gasteiger partial charge on any atom is -0.329 e. The number of rotatable bonds is 12. The molecule has 8 aliphatic rings. The van der Waals surface area contributed by atoms with Crippen LogP contribution in [-0.4, -0.2) is 11.8 Å². The molecule has 2 amide bonds. The van der Waals surface area contributed by atoms with Crippen molar-refractivity contribution in [2.24, 2.45) is 92.7 Å². The van der Waals surface area contributed by atoms with Gasteiger partial charge in [0.1, 0.15) is 0 Å². The maximum absolute atomic E-state index is 13.4. The maximum Gasteiger partial charge on any atom is 0.224 e. The van der Waals surface area contributed by atoms with Gasteiger partial charge in [-0.3, -0.25) is 9.59 Å². The van der Waals surface area contributed by atoms with Gasteiger partial charge in [0.15, 0.2) is 0 Å². The molecular formula is C53H86N2O2. The predicted molar refractivity (Wildman–Crippen MR) is 236 cm³/mol. The number of carbonyl (C=O) groups is 2. The smallest absolute Gasteiger partial charge is 0.224 e. The Kier molecular flexibility index (Phi) is 11.6. The molecule has 0 spiro atoms. The normalized spacial score (nSPS) is 43.8. The van der Waals surface area contributed by atoms with Gasteiger partial charge in [-0.1, -0.05) is 108 Å². The van der Waals surface area contributed by atoms with Crippen molar-refractivity contribution in [3.63, 3.8) is 0 Å². The Morgan fingerprint density at radius 3 is 1.32 bits per heavy atom. The quantitative estimate of drug-likeness (QED) is 0.207. The van der Waals surface area contributed by atoms with E-state index < -0.39 is 0 Å². The molecule has 4 nitrogen and oxygen atoms in total. The summed E-state index contributed by atoms with van der Waals surface area (Å²) in [6.07, 6.45) is 25.8. The summed E-state index contributed by atoms with van der Waals surface area (Å²) in [7, 11) is 0. The summed E-state index contributed by atoms with van der Waals surface area (Å²) in [5, 5.41) is 7.24. The Labute approximate surface area is 350 Å². The maximum atomic E-state index is 13.4. The first-order valence-electron chi connectivity index (χ1n) is 25.0. The molecule has 2 aliphatic heterocycles. The topological polar surface area (TPSA) is 58.2 Å². The minimum absolute atomic E-state index is 0.0454. The van der Waals surface area contributed by atoms with Crippen LogP contribution in [0.1, 0.15) is 204 Å². The highest BCUT2D eigenvalue weighted by atomic mass is 16.2. The molecule has 0 unspecified atom stereocenters. The number of amides is 2. The first-order valence-corrected chi connectivity index (χ1v) is 25.0. The van der Waals surface area contributed by atoms with Crippen LogP contribution in [0.3, 0.4) is 0 Å². The van der Waals surface area contributed by atoms with Crippen LogP contribution in [0.5, 0.6) is 0 Å². The van der Waals surface area contributed by atoms with E-state index in [1.807, 2.05) is 0 Å². The summed E-state index contributed by atoms with van der Waals surface area (Å²) < 4.78 is 0. The summed E-state index contributed by atoms with van der Waals surface area (Å²) in [4.78, 5) is 26.8. The van der Waals surface area contributed by atoms with Crippen molar-refractivity contribution in [2.45, 2.75) is 204 Å². The number of fused-ring (bicyclic) bond motifs is 10. The van der Waals surface area contributed by atoms with E-state index in [-0.39, 0.29) is 22.6 Å². The van der Waals surface area contributed by atoms with Crippen molar-refractivity contribution in [2.75, 3.05) is 0 Å². The van der Waals surface area contributed by atoms with Crippen LogP contribution < -0.4 is 10.6 Å². The number of hydrogen-bond donors (Lipinski definition) is 2. The van der Waals surface area contributed by atoms with Gasteiger partial charge in [-0.05, 0) is 176 Å². The third kappa shape index (κ3) is 7.17. The molecule has 2 N–H and O–H groups in total. The van der Waals surface area contributed by atoms with Crippen LogP contribution >= 0.6 is 0 Å². The molecule has 0 aromatic carbocycles. The van der Waals surface area contributed by atoms with Gasteiger partial charge in [0.25, 0.3) is 0 Å². The molecule has 4 saturated carbocycles. The predicted octanol–water partition coefficient (Wildman–Crippen LogP) is 13.6. The zero-order valence-corrected chi connectivity index (χ0v) is 38.6. The van der Waals surface area contributed by atoms with Gasteiger partial charge >= 0.3 is 0 Å². The molecule has 320 valence electrons. The van der Waals surface area contributed by atoms with Crippen molar-refractivity contribution in [1.82, 2.24) is 10.6 Å². The zero-order chi connectivity index (χ0) is 40.7. The Bertz CT molecular complexity index is 1490. The van der Waals surface area contributed by atoms with Gasteiger partial charge in [0.05, 0.1) is 0 Å². The highest BCUT2D eigenvalue weighted by molar-refractivity contribution is 5.81. The van der Waals surface area contributed by atoms with E-state index in [1.165, 1.54) is 101 Å². The SMILES string of the molecule is CC(C)CCC[C@@H](C)[C@H]1CC[C@H]2[C@@H]3CC(CC4=C5NC(=O)CC[C@]5(C)[C@H]5CC[C@]6(C)[C@@H]([C@H](C)CCCC(C)C)CC[C@H]6[C@@H]5C4)=C4NC(=O)CC[C@]4(C)[C@H]3CC[C@]12C. The van der Waals surface area contributed by atoms with Gasteiger partial charge in [-0.2, -0.15) is 0 Å². The van der Waals surface area contributed by atoms with Gasteiger partial charge in [0, 0.05) is 35.1 Å². The second kappa shape index (κ2) is 15.7. The van der Waals surface area contributed by atoms with E-state index in [9.17, 15) is 9.59 Å². The highest BCUT2D eigenvalue weighted by Crippen LogP contribution is 2.70. The Balaban J connectivity index is 1.10. The van der Waals surface area contributed by atoms with Gasteiger partial charge in [0.2, 0.25) is 11.8 Å². The largest absolute Gasteiger partial charge is 0.329 e. The molecule has 57 heavy (non-hydrogen) atoms. The molecule has 2 heterocycles. The highest BCUT2D eigenvalue weighted by Gasteiger charge is 2.63. The second-order valence-electron chi connectivity index (χ2n) is 24.3. The lowest BCUT2D eigenvalue weighted by Gasteiger charge is -2.60. The Morgan fingerprint density at radius 2 is 0.930 bits per heavy atom. The van der Waals surface area contributed by atoms with Crippen LogP contribution in [0.15, 0.2) is 22.5 Å². The number of piperidine rings is 2. The molecule has 14 atom stereocenters. The van der Waals surface area contributed by atoms with Gasteiger partial charge in [-0.15, -0.1) is 0 Å². The summed E-state index contributed by atoms with van der Waals surface area (Å²) >= 11 is 0. The van der Waals surface area contributed by atoms with Crippen LogP contribution in [0.25, 0.3) is 0 Å². The van der Waals surface area contributed by atoms with Gasteiger partial charge < -0.3 is 10.6 Å². The number of nitrogens with one attached hydrogen (secondary N) is 2. The second-order valence-corrected chi connectivity index (χ2v) is 24.3. The molecule has 0 aromatic rings. The molecular weight excluding hydrogens is 697 g/mol. The monoisotopic (exact) mass is 783 g/mol. The third-order valence-electron chi connectivity index (χ3n) is 20.4. The third-order valence-corrected chi connectivity index (χ3v) is 20.4. The molecule has 0 bridgehead atoms. The lowest BCUT2D eigenvalue weighted by molar-refractivity contribution is -0.126. The van der Waals surface area contributed by atoms with Crippen LogP contribution in [0.2, 0.25) is 0 Å². The van der Waals surface area contributed by atoms with Crippen molar-refractivity contribution in [1.29, 1.82) is 0 Å². The lowest BCUT2D eigenvalue weighted by atomic mass is 9.46. The molecule has 0 radical (unpaired) electrons. The van der Waals surface area contributed by atoms with E-state index in [0.717, 1.165) is 79.4 Å². The first kappa shape index (κ1) is 42.1. The Morgan fingerprint density at radius 1 is 0.526 bits per heavy atom. The van der Waals surface area contributed by atoms with Crippen LogP contribution in [0, 0.1) is 92.7 Å². The van der Waals surface area contributed by atoms with Crippen molar-refractivity contribution >= 4 is 11.8 Å². The zero-order valence-electron chi connectivity index (χ0n) is 38.6.